The summed E-state index contributed by atoms with van der Waals surface area (Å²) in [4.78, 5) is 18.6. The minimum Gasteiger partial charge on any atom is -0.348 e. The molecule has 0 unspecified atom stereocenters. The second-order valence-corrected chi connectivity index (χ2v) is 6.82. The lowest BCUT2D eigenvalue weighted by molar-refractivity contribution is 0.0904. The van der Waals surface area contributed by atoms with Crippen molar-refractivity contribution >= 4 is 29.1 Å². The molecule has 24 heavy (non-hydrogen) atoms. The summed E-state index contributed by atoms with van der Waals surface area (Å²) in [5.41, 5.74) is 1.55. The Morgan fingerprint density at radius 3 is 2.67 bits per heavy atom. The quantitative estimate of drug-likeness (QED) is 0.898. The highest BCUT2D eigenvalue weighted by atomic mass is 35.5. The van der Waals surface area contributed by atoms with Gasteiger partial charge in [0, 0.05) is 41.9 Å². The SMILES string of the molecule is O=C(NC1CCN(Cc2ccc(Cl)cc2Cl)CC1)c1ccccn1. The number of halogens is 2. The molecule has 0 spiro atoms. The largest absolute Gasteiger partial charge is 0.348 e. The first-order valence-corrected chi connectivity index (χ1v) is 8.75. The second kappa shape index (κ2) is 7.97. The number of benzene rings is 1. The van der Waals surface area contributed by atoms with Gasteiger partial charge in [0.2, 0.25) is 0 Å². The maximum absolute atomic E-state index is 12.1. The maximum atomic E-state index is 12.1. The van der Waals surface area contributed by atoms with Crippen LogP contribution in [0.1, 0.15) is 28.9 Å². The van der Waals surface area contributed by atoms with E-state index < -0.39 is 0 Å². The molecule has 0 atom stereocenters. The molecule has 1 aromatic carbocycles. The smallest absolute Gasteiger partial charge is 0.270 e. The van der Waals surface area contributed by atoms with Crippen LogP contribution in [0, 0.1) is 0 Å². The Labute approximate surface area is 151 Å². The van der Waals surface area contributed by atoms with Crippen LogP contribution in [0.15, 0.2) is 42.6 Å². The number of rotatable bonds is 4. The average Bonchev–Trinajstić information content (AvgIpc) is 2.60. The molecule has 0 aliphatic carbocycles. The molecular formula is C18H19Cl2N3O. The van der Waals surface area contributed by atoms with Crippen LogP contribution < -0.4 is 5.32 Å². The number of hydrogen-bond acceptors (Lipinski definition) is 3. The lowest BCUT2D eigenvalue weighted by Crippen LogP contribution is -2.44. The van der Waals surface area contributed by atoms with E-state index in [0.717, 1.165) is 38.0 Å². The molecule has 1 fully saturated rings. The second-order valence-electron chi connectivity index (χ2n) is 5.97. The van der Waals surface area contributed by atoms with Crippen LogP contribution in [0.5, 0.6) is 0 Å². The Bertz CT molecular complexity index is 701. The van der Waals surface area contributed by atoms with Crippen molar-refractivity contribution in [2.75, 3.05) is 13.1 Å². The predicted octanol–water partition coefficient (Wildman–Crippen LogP) is 3.78. The molecule has 3 rings (SSSR count). The van der Waals surface area contributed by atoms with Gasteiger partial charge >= 0.3 is 0 Å². The molecule has 4 nitrogen and oxygen atoms in total. The Balaban J connectivity index is 1.50. The first-order chi connectivity index (χ1) is 11.6. The third-order valence-electron chi connectivity index (χ3n) is 4.23. The van der Waals surface area contributed by atoms with E-state index in [2.05, 4.69) is 15.2 Å². The Kier molecular flexibility index (Phi) is 5.72. The van der Waals surface area contributed by atoms with Gasteiger partial charge in [-0.05, 0) is 42.7 Å². The van der Waals surface area contributed by atoms with Crippen molar-refractivity contribution < 1.29 is 4.79 Å². The average molecular weight is 364 g/mol. The van der Waals surface area contributed by atoms with Gasteiger partial charge in [-0.1, -0.05) is 35.3 Å². The fourth-order valence-electron chi connectivity index (χ4n) is 2.88. The van der Waals surface area contributed by atoms with Crippen molar-refractivity contribution in [2.45, 2.75) is 25.4 Å². The molecule has 0 saturated carbocycles. The van der Waals surface area contributed by atoms with E-state index in [1.165, 1.54) is 0 Å². The summed E-state index contributed by atoms with van der Waals surface area (Å²) < 4.78 is 0. The molecule has 2 aromatic rings. The number of likely N-dealkylation sites (tertiary alicyclic amines) is 1. The van der Waals surface area contributed by atoms with Gasteiger partial charge in [-0.25, -0.2) is 0 Å². The molecule has 1 aromatic heterocycles. The van der Waals surface area contributed by atoms with Crippen LogP contribution in [0.2, 0.25) is 10.0 Å². The van der Waals surface area contributed by atoms with Crippen molar-refractivity contribution in [3.63, 3.8) is 0 Å². The van der Waals surface area contributed by atoms with Gasteiger partial charge in [0.1, 0.15) is 5.69 Å². The summed E-state index contributed by atoms with van der Waals surface area (Å²) in [5, 5.41) is 4.42. The number of hydrogen-bond donors (Lipinski definition) is 1. The highest BCUT2D eigenvalue weighted by molar-refractivity contribution is 6.35. The van der Waals surface area contributed by atoms with Crippen LogP contribution in [0.25, 0.3) is 0 Å². The van der Waals surface area contributed by atoms with Crippen molar-refractivity contribution in [2.24, 2.45) is 0 Å². The van der Waals surface area contributed by atoms with Crippen LogP contribution >= 0.6 is 23.2 Å². The number of carbonyl (C=O) groups excluding carboxylic acids is 1. The number of nitrogens with one attached hydrogen (secondary N) is 1. The molecule has 1 aliphatic heterocycles. The number of pyridine rings is 1. The molecule has 6 heteroatoms. The van der Waals surface area contributed by atoms with Gasteiger partial charge < -0.3 is 5.32 Å². The van der Waals surface area contributed by atoms with E-state index in [1.54, 1.807) is 24.4 Å². The van der Waals surface area contributed by atoms with Crippen molar-refractivity contribution in [1.82, 2.24) is 15.2 Å². The lowest BCUT2D eigenvalue weighted by Gasteiger charge is -2.32. The molecule has 2 heterocycles. The van der Waals surface area contributed by atoms with Crippen molar-refractivity contribution in [3.05, 3.63) is 63.9 Å². The third-order valence-corrected chi connectivity index (χ3v) is 4.82. The number of piperidine rings is 1. The molecule has 126 valence electrons. The number of carbonyl (C=O) groups is 1. The van der Waals surface area contributed by atoms with E-state index in [0.29, 0.717) is 15.7 Å². The summed E-state index contributed by atoms with van der Waals surface area (Å²) in [6.07, 6.45) is 3.47. The highest BCUT2D eigenvalue weighted by Gasteiger charge is 2.22. The van der Waals surface area contributed by atoms with Crippen molar-refractivity contribution in [3.8, 4) is 0 Å². The molecular weight excluding hydrogens is 345 g/mol. The number of nitrogens with zero attached hydrogens (tertiary/aromatic N) is 2. The third kappa shape index (κ3) is 4.47. The minimum absolute atomic E-state index is 0.102. The van der Waals surface area contributed by atoms with E-state index in [9.17, 15) is 4.79 Å². The molecule has 1 aliphatic rings. The van der Waals surface area contributed by atoms with Crippen LogP contribution in [0.3, 0.4) is 0 Å². The zero-order valence-electron chi connectivity index (χ0n) is 13.2. The maximum Gasteiger partial charge on any atom is 0.270 e. The van der Waals surface area contributed by atoms with Crippen LogP contribution in [0.4, 0.5) is 0 Å². The first kappa shape index (κ1) is 17.2. The van der Waals surface area contributed by atoms with Crippen LogP contribution in [-0.4, -0.2) is 34.9 Å². The molecule has 0 radical (unpaired) electrons. The highest BCUT2D eigenvalue weighted by Crippen LogP contribution is 2.23. The number of amides is 1. The predicted molar refractivity (Wildman–Crippen MR) is 96.5 cm³/mol. The summed E-state index contributed by atoms with van der Waals surface area (Å²) in [7, 11) is 0. The minimum atomic E-state index is -0.102. The van der Waals surface area contributed by atoms with Gasteiger partial charge in [0.05, 0.1) is 0 Å². The molecule has 1 saturated heterocycles. The zero-order chi connectivity index (χ0) is 16.9. The summed E-state index contributed by atoms with van der Waals surface area (Å²) in [5.74, 6) is -0.102. The standard InChI is InChI=1S/C18H19Cl2N3O/c19-14-5-4-13(16(20)11-14)12-23-9-6-15(7-10-23)22-18(24)17-3-1-2-8-21-17/h1-5,8,11,15H,6-7,9-10,12H2,(H,22,24). The monoisotopic (exact) mass is 363 g/mol. The fourth-order valence-corrected chi connectivity index (χ4v) is 3.35. The van der Waals surface area contributed by atoms with Gasteiger partial charge in [0.15, 0.2) is 0 Å². The Hall–Kier alpha value is -1.62. The molecule has 0 bridgehead atoms. The van der Waals surface area contributed by atoms with E-state index in [4.69, 9.17) is 23.2 Å². The summed E-state index contributed by atoms with van der Waals surface area (Å²) in [6.45, 7) is 2.65. The van der Waals surface area contributed by atoms with Gasteiger partial charge in [-0.15, -0.1) is 0 Å². The molecule has 1 amide bonds. The summed E-state index contributed by atoms with van der Waals surface area (Å²) >= 11 is 12.2. The normalized spacial score (nSPS) is 16.1. The van der Waals surface area contributed by atoms with Crippen molar-refractivity contribution in [1.29, 1.82) is 0 Å². The van der Waals surface area contributed by atoms with Gasteiger partial charge in [-0.3, -0.25) is 14.7 Å². The van der Waals surface area contributed by atoms with E-state index in [1.807, 2.05) is 18.2 Å². The Morgan fingerprint density at radius 2 is 2.00 bits per heavy atom. The number of aromatic nitrogens is 1. The Morgan fingerprint density at radius 1 is 1.21 bits per heavy atom. The lowest BCUT2D eigenvalue weighted by atomic mass is 10.0. The van der Waals surface area contributed by atoms with Gasteiger partial charge in [-0.2, -0.15) is 0 Å². The van der Waals surface area contributed by atoms with E-state index in [-0.39, 0.29) is 11.9 Å². The van der Waals surface area contributed by atoms with Crippen LogP contribution in [-0.2, 0) is 6.54 Å². The van der Waals surface area contributed by atoms with E-state index >= 15 is 0 Å². The molecule has 1 N–H and O–H groups in total. The first-order valence-electron chi connectivity index (χ1n) is 8.00. The zero-order valence-corrected chi connectivity index (χ0v) is 14.7. The fraction of sp³-hybridized carbons (Fsp3) is 0.333. The summed E-state index contributed by atoms with van der Waals surface area (Å²) in [6, 6.07) is 11.2. The van der Waals surface area contributed by atoms with Gasteiger partial charge in [0.25, 0.3) is 5.91 Å². The topological polar surface area (TPSA) is 45.2 Å².